The fourth-order valence-corrected chi connectivity index (χ4v) is 2.03. The van der Waals surface area contributed by atoms with Crippen LogP contribution in [0.4, 0.5) is 16.3 Å². The minimum absolute atomic E-state index is 0.410. The molecule has 0 aliphatic heterocycles. The van der Waals surface area contributed by atoms with Gasteiger partial charge in [-0.2, -0.15) is 10.2 Å². The number of H-pyrrole nitrogens is 1. The Morgan fingerprint density at radius 3 is 2.95 bits per heavy atom. The van der Waals surface area contributed by atoms with Crippen LogP contribution in [0.3, 0.4) is 0 Å². The van der Waals surface area contributed by atoms with Gasteiger partial charge in [-0.3, -0.25) is 10.4 Å². The van der Waals surface area contributed by atoms with Gasteiger partial charge in [0.05, 0.1) is 11.9 Å². The van der Waals surface area contributed by atoms with Gasteiger partial charge in [-0.1, -0.05) is 0 Å². The molecule has 0 aliphatic carbocycles. The van der Waals surface area contributed by atoms with Crippen molar-refractivity contribution >= 4 is 33.5 Å². The third-order valence-electron chi connectivity index (χ3n) is 2.55. The van der Waals surface area contributed by atoms with Crippen molar-refractivity contribution in [2.45, 2.75) is 0 Å². The van der Waals surface area contributed by atoms with Crippen molar-refractivity contribution in [3.05, 3.63) is 47.5 Å². The number of anilines is 2. The number of halogens is 1. The summed E-state index contributed by atoms with van der Waals surface area (Å²) in [5.74, 6) is 1.01. The molecule has 0 saturated heterocycles. The van der Waals surface area contributed by atoms with Crippen molar-refractivity contribution in [3.63, 3.8) is 0 Å². The molecule has 0 saturated carbocycles. The highest BCUT2D eigenvalue weighted by atomic mass is 79.9. The van der Waals surface area contributed by atoms with E-state index < -0.39 is 6.03 Å². The zero-order valence-corrected chi connectivity index (χ0v) is 12.2. The Labute approximate surface area is 127 Å². The molecule has 106 valence electrons. The molecule has 3 heterocycles. The Morgan fingerprint density at radius 2 is 2.24 bits per heavy atom. The summed E-state index contributed by atoms with van der Waals surface area (Å²) in [6.45, 7) is 0. The topological polar surface area (TPSA) is 101 Å². The zero-order valence-electron chi connectivity index (χ0n) is 10.6. The van der Waals surface area contributed by atoms with E-state index in [-0.39, 0.29) is 0 Å². The summed E-state index contributed by atoms with van der Waals surface area (Å²) in [4.78, 5) is 16.2. The lowest BCUT2D eigenvalue weighted by Crippen LogP contribution is -2.21. The molecule has 0 unspecified atom stereocenters. The third kappa shape index (κ3) is 3.08. The van der Waals surface area contributed by atoms with Gasteiger partial charge < -0.3 is 5.32 Å². The standard InChI is InChI=1S/C12H10BrN7O/c13-8-6-9(11(14-7-8)20-5-1-3-16-20)17-12(21)18-10-2-4-15-19-10/h1-7H,(H3,15,17,18,19,21). The predicted octanol–water partition coefficient (Wildman–Crippen LogP) is 2.40. The summed E-state index contributed by atoms with van der Waals surface area (Å²) in [6.07, 6.45) is 6.56. The van der Waals surface area contributed by atoms with E-state index in [4.69, 9.17) is 0 Å². The molecule has 0 fully saturated rings. The molecule has 3 aromatic rings. The Balaban J connectivity index is 1.84. The highest BCUT2D eigenvalue weighted by molar-refractivity contribution is 9.10. The predicted molar refractivity (Wildman–Crippen MR) is 80.3 cm³/mol. The first-order valence-corrected chi connectivity index (χ1v) is 6.74. The molecule has 3 N–H and O–H groups in total. The minimum Gasteiger partial charge on any atom is -0.304 e. The van der Waals surface area contributed by atoms with Gasteiger partial charge in [-0.25, -0.2) is 14.5 Å². The molecule has 3 aromatic heterocycles. The van der Waals surface area contributed by atoms with Gasteiger partial charge in [0, 0.05) is 29.1 Å². The zero-order chi connectivity index (χ0) is 14.7. The molecular weight excluding hydrogens is 338 g/mol. The van der Waals surface area contributed by atoms with Gasteiger partial charge in [0.2, 0.25) is 0 Å². The van der Waals surface area contributed by atoms with Crippen molar-refractivity contribution in [2.24, 2.45) is 0 Å². The van der Waals surface area contributed by atoms with E-state index in [9.17, 15) is 4.79 Å². The van der Waals surface area contributed by atoms with Gasteiger partial charge >= 0.3 is 6.03 Å². The number of carbonyl (C=O) groups excluding carboxylic acids is 1. The van der Waals surface area contributed by atoms with Crippen molar-refractivity contribution in [1.82, 2.24) is 25.0 Å². The Kier molecular flexibility index (Phi) is 3.65. The second-order valence-corrected chi connectivity index (χ2v) is 4.94. The summed E-state index contributed by atoms with van der Waals surface area (Å²) in [7, 11) is 0. The summed E-state index contributed by atoms with van der Waals surface area (Å²) in [5, 5.41) is 15.9. The monoisotopic (exact) mass is 347 g/mol. The van der Waals surface area contributed by atoms with Gasteiger partial charge in [-0.05, 0) is 28.1 Å². The number of pyridine rings is 1. The molecule has 3 rings (SSSR count). The molecule has 8 nitrogen and oxygen atoms in total. The lowest BCUT2D eigenvalue weighted by Gasteiger charge is -2.11. The maximum Gasteiger partial charge on any atom is 0.324 e. The first kappa shape index (κ1) is 13.3. The fourth-order valence-electron chi connectivity index (χ4n) is 1.70. The van der Waals surface area contributed by atoms with Crippen molar-refractivity contribution < 1.29 is 4.79 Å². The van der Waals surface area contributed by atoms with E-state index >= 15 is 0 Å². The number of nitrogens with one attached hydrogen (secondary N) is 3. The first-order valence-electron chi connectivity index (χ1n) is 5.95. The molecule has 0 radical (unpaired) electrons. The Morgan fingerprint density at radius 1 is 1.33 bits per heavy atom. The number of amides is 2. The highest BCUT2D eigenvalue weighted by Gasteiger charge is 2.11. The molecule has 21 heavy (non-hydrogen) atoms. The fraction of sp³-hybridized carbons (Fsp3) is 0. The SMILES string of the molecule is O=C(Nc1ccn[nH]1)Nc1cc(Br)cnc1-n1cccn1. The van der Waals surface area contributed by atoms with E-state index in [0.717, 1.165) is 4.47 Å². The highest BCUT2D eigenvalue weighted by Crippen LogP contribution is 2.22. The van der Waals surface area contributed by atoms with Crippen molar-refractivity contribution in [1.29, 1.82) is 0 Å². The number of urea groups is 1. The van der Waals surface area contributed by atoms with Crippen molar-refractivity contribution in [2.75, 3.05) is 10.6 Å². The van der Waals surface area contributed by atoms with Crippen LogP contribution in [0.5, 0.6) is 0 Å². The van der Waals surface area contributed by atoms with Gasteiger partial charge in [0.15, 0.2) is 5.82 Å². The number of carbonyl (C=O) groups is 1. The van der Waals surface area contributed by atoms with Crippen LogP contribution in [0.1, 0.15) is 0 Å². The van der Waals surface area contributed by atoms with Crippen LogP contribution >= 0.6 is 15.9 Å². The molecule has 2 amide bonds. The van der Waals surface area contributed by atoms with Crippen molar-refractivity contribution in [3.8, 4) is 5.82 Å². The molecule has 9 heteroatoms. The third-order valence-corrected chi connectivity index (χ3v) is 2.99. The van der Waals surface area contributed by atoms with Crippen LogP contribution in [0.15, 0.2) is 47.5 Å². The maximum atomic E-state index is 12.0. The lowest BCUT2D eigenvalue weighted by molar-refractivity contribution is 0.262. The maximum absolute atomic E-state index is 12.0. The van der Waals surface area contributed by atoms with E-state index in [1.165, 1.54) is 0 Å². The average molecular weight is 348 g/mol. The smallest absolute Gasteiger partial charge is 0.304 e. The van der Waals surface area contributed by atoms with Gasteiger partial charge in [-0.15, -0.1) is 0 Å². The Bertz CT molecular complexity index is 739. The normalized spacial score (nSPS) is 10.3. The second kappa shape index (κ2) is 5.75. The summed E-state index contributed by atoms with van der Waals surface area (Å²) < 4.78 is 2.31. The number of aromatic amines is 1. The molecule has 0 spiro atoms. The largest absolute Gasteiger partial charge is 0.324 e. The summed E-state index contributed by atoms with van der Waals surface area (Å²) in [6, 6.07) is 4.76. The Hall–Kier alpha value is -2.68. The number of hydrogen-bond acceptors (Lipinski definition) is 4. The number of nitrogens with zero attached hydrogens (tertiary/aromatic N) is 4. The molecule has 0 atom stereocenters. The van der Waals surface area contributed by atoms with E-state index in [1.54, 1.807) is 47.7 Å². The quantitative estimate of drug-likeness (QED) is 0.677. The van der Waals surface area contributed by atoms with Crippen LogP contribution < -0.4 is 10.6 Å². The van der Waals surface area contributed by atoms with Gasteiger partial charge in [0.25, 0.3) is 0 Å². The second-order valence-electron chi connectivity index (χ2n) is 4.02. The van der Waals surface area contributed by atoms with Crippen LogP contribution in [-0.4, -0.2) is 31.0 Å². The molecule has 0 aromatic carbocycles. The van der Waals surface area contributed by atoms with E-state index in [1.807, 2.05) is 0 Å². The first-order chi connectivity index (χ1) is 10.2. The lowest BCUT2D eigenvalue weighted by atomic mass is 10.4. The van der Waals surface area contributed by atoms with Crippen LogP contribution in [0.25, 0.3) is 5.82 Å². The summed E-state index contributed by atoms with van der Waals surface area (Å²) >= 11 is 3.33. The molecule has 0 bridgehead atoms. The molecule has 0 aliphatic rings. The van der Waals surface area contributed by atoms with Crippen LogP contribution in [0.2, 0.25) is 0 Å². The summed E-state index contributed by atoms with van der Waals surface area (Å²) in [5.41, 5.74) is 0.519. The van der Waals surface area contributed by atoms with Crippen LogP contribution in [-0.2, 0) is 0 Å². The average Bonchev–Trinajstić information content (AvgIpc) is 3.11. The number of rotatable bonds is 3. The minimum atomic E-state index is -0.410. The van der Waals surface area contributed by atoms with Gasteiger partial charge in [0.1, 0.15) is 5.82 Å². The van der Waals surface area contributed by atoms with E-state index in [2.05, 4.69) is 46.8 Å². The number of hydrogen-bond donors (Lipinski definition) is 3. The molecular formula is C12H10BrN7O. The number of aromatic nitrogens is 5. The van der Waals surface area contributed by atoms with E-state index in [0.29, 0.717) is 17.3 Å². The van der Waals surface area contributed by atoms with Crippen LogP contribution in [0, 0.1) is 0 Å².